The van der Waals surface area contributed by atoms with E-state index >= 15 is 0 Å². The Morgan fingerprint density at radius 1 is 1.21 bits per heavy atom. The van der Waals surface area contributed by atoms with Crippen LogP contribution in [-0.2, 0) is 6.42 Å². The third-order valence-electron chi connectivity index (χ3n) is 2.96. The van der Waals surface area contributed by atoms with Crippen LogP contribution in [-0.4, -0.2) is 14.9 Å². The van der Waals surface area contributed by atoms with Gasteiger partial charge in [0.2, 0.25) is 0 Å². The van der Waals surface area contributed by atoms with Crippen LogP contribution in [0.1, 0.15) is 37.3 Å². The summed E-state index contributed by atoms with van der Waals surface area (Å²) in [5, 5.41) is 14.8. The monoisotopic (exact) mass is 386 g/mol. The first kappa shape index (κ1) is 14.8. The largest absolute Gasteiger partial charge is 0.386 e. The molecule has 0 saturated carbocycles. The second-order valence-corrected chi connectivity index (χ2v) is 6.44. The molecule has 5 heteroatoms. The van der Waals surface area contributed by atoms with Gasteiger partial charge >= 0.3 is 0 Å². The molecule has 0 radical (unpaired) electrons. The van der Waals surface area contributed by atoms with E-state index in [0.29, 0.717) is 6.42 Å². The van der Waals surface area contributed by atoms with E-state index in [4.69, 9.17) is 0 Å². The summed E-state index contributed by atoms with van der Waals surface area (Å²) in [5.41, 5.74) is 1.91. The van der Waals surface area contributed by atoms with Gasteiger partial charge in [0.25, 0.3) is 0 Å². The first-order chi connectivity index (χ1) is 9.00. The summed E-state index contributed by atoms with van der Waals surface area (Å²) >= 11 is 6.97. The predicted octanol–water partition coefficient (Wildman–Crippen LogP) is 4.27. The van der Waals surface area contributed by atoms with Gasteiger partial charge in [0, 0.05) is 16.9 Å². The lowest BCUT2D eigenvalue weighted by Crippen LogP contribution is -2.13. The summed E-state index contributed by atoms with van der Waals surface area (Å²) < 4.78 is 3.72. The Kier molecular flexibility index (Phi) is 4.81. The van der Waals surface area contributed by atoms with Crippen LogP contribution < -0.4 is 0 Å². The highest BCUT2D eigenvalue weighted by atomic mass is 79.9. The maximum absolute atomic E-state index is 10.5. The number of benzene rings is 1. The molecular weight excluding hydrogens is 372 g/mol. The molecule has 1 aromatic heterocycles. The fraction of sp³-hybridized carbons (Fsp3) is 0.357. The second kappa shape index (κ2) is 6.20. The van der Waals surface area contributed by atoms with Crippen molar-refractivity contribution in [3.63, 3.8) is 0 Å². The van der Waals surface area contributed by atoms with Gasteiger partial charge < -0.3 is 5.11 Å². The minimum atomic E-state index is -0.585. The smallest absolute Gasteiger partial charge is 0.101 e. The SMILES string of the molecule is CC(C)n1ncc(Br)c1C(O)Cc1ccccc1Br. The molecule has 102 valence electrons. The average Bonchev–Trinajstić information content (AvgIpc) is 2.74. The highest BCUT2D eigenvalue weighted by Gasteiger charge is 2.20. The molecule has 1 aromatic carbocycles. The number of hydrogen-bond acceptors (Lipinski definition) is 2. The van der Waals surface area contributed by atoms with Gasteiger partial charge in [-0.1, -0.05) is 34.1 Å². The Balaban J connectivity index is 2.28. The van der Waals surface area contributed by atoms with E-state index < -0.39 is 6.10 Å². The summed E-state index contributed by atoms with van der Waals surface area (Å²) in [6, 6.07) is 8.15. The van der Waals surface area contributed by atoms with Gasteiger partial charge in [-0.15, -0.1) is 0 Å². The van der Waals surface area contributed by atoms with Crippen LogP contribution in [0.5, 0.6) is 0 Å². The van der Waals surface area contributed by atoms with Crippen molar-refractivity contribution in [2.75, 3.05) is 0 Å². The molecule has 0 saturated heterocycles. The zero-order valence-electron chi connectivity index (χ0n) is 10.8. The number of rotatable bonds is 4. The van der Waals surface area contributed by atoms with Gasteiger partial charge in [-0.2, -0.15) is 5.10 Å². The van der Waals surface area contributed by atoms with Crippen LogP contribution in [0, 0.1) is 0 Å². The molecule has 1 unspecified atom stereocenters. The molecule has 3 nitrogen and oxygen atoms in total. The molecule has 0 aliphatic heterocycles. The molecule has 0 bridgehead atoms. The maximum atomic E-state index is 10.5. The predicted molar refractivity (Wildman–Crippen MR) is 83.1 cm³/mol. The number of halogens is 2. The summed E-state index contributed by atoms with van der Waals surface area (Å²) in [5.74, 6) is 0. The van der Waals surface area contributed by atoms with Gasteiger partial charge in [0.15, 0.2) is 0 Å². The molecule has 0 fully saturated rings. The van der Waals surface area contributed by atoms with Crippen molar-refractivity contribution in [2.24, 2.45) is 0 Å². The van der Waals surface area contributed by atoms with Crippen molar-refractivity contribution in [2.45, 2.75) is 32.4 Å². The van der Waals surface area contributed by atoms with Crippen LogP contribution in [0.3, 0.4) is 0 Å². The van der Waals surface area contributed by atoms with Crippen LogP contribution in [0.4, 0.5) is 0 Å². The average molecular weight is 388 g/mol. The first-order valence-electron chi connectivity index (χ1n) is 6.15. The maximum Gasteiger partial charge on any atom is 0.101 e. The Labute approximate surface area is 129 Å². The molecule has 1 N–H and O–H groups in total. The van der Waals surface area contributed by atoms with E-state index in [1.54, 1.807) is 6.20 Å². The van der Waals surface area contributed by atoms with Gasteiger partial charge in [0.05, 0.1) is 16.4 Å². The molecule has 0 amide bonds. The van der Waals surface area contributed by atoms with Gasteiger partial charge in [0.1, 0.15) is 6.10 Å². The van der Waals surface area contributed by atoms with Gasteiger partial charge in [-0.05, 0) is 41.4 Å². The number of aliphatic hydroxyl groups is 1. The van der Waals surface area contributed by atoms with Crippen molar-refractivity contribution in [3.05, 3.63) is 50.7 Å². The number of nitrogens with zero attached hydrogens (tertiary/aromatic N) is 2. The first-order valence-corrected chi connectivity index (χ1v) is 7.73. The number of aromatic nitrogens is 2. The molecule has 0 aliphatic rings. The van der Waals surface area contributed by atoms with E-state index in [1.807, 2.05) is 42.8 Å². The molecule has 2 rings (SSSR count). The molecule has 0 spiro atoms. The lowest BCUT2D eigenvalue weighted by atomic mass is 10.1. The topological polar surface area (TPSA) is 38.0 Å². The molecule has 1 heterocycles. The van der Waals surface area contributed by atoms with E-state index in [0.717, 1.165) is 20.2 Å². The van der Waals surface area contributed by atoms with E-state index in [2.05, 4.69) is 37.0 Å². The molecular formula is C14H16Br2N2O. The summed E-state index contributed by atoms with van der Waals surface area (Å²) in [4.78, 5) is 0. The molecule has 0 aliphatic carbocycles. The Morgan fingerprint density at radius 3 is 2.53 bits per heavy atom. The van der Waals surface area contributed by atoms with Crippen molar-refractivity contribution in [3.8, 4) is 0 Å². The number of hydrogen-bond donors (Lipinski definition) is 1. The highest BCUT2D eigenvalue weighted by Crippen LogP contribution is 2.29. The summed E-state index contributed by atoms with van der Waals surface area (Å²) in [6.07, 6.45) is 1.70. The fourth-order valence-electron chi connectivity index (χ4n) is 2.04. The quantitative estimate of drug-likeness (QED) is 0.850. The van der Waals surface area contributed by atoms with E-state index in [-0.39, 0.29) is 6.04 Å². The van der Waals surface area contributed by atoms with Crippen LogP contribution in [0.25, 0.3) is 0 Å². The van der Waals surface area contributed by atoms with E-state index in [1.165, 1.54) is 0 Å². The fourth-order valence-corrected chi connectivity index (χ4v) is 3.03. The van der Waals surface area contributed by atoms with Crippen molar-refractivity contribution < 1.29 is 5.11 Å². The zero-order chi connectivity index (χ0) is 14.0. The van der Waals surface area contributed by atoms with Crippen molar-refractivity contribution in [1.29, 1.82) is 0 Å². The summed E-state index contributed by atoms with van der Waals surface area (Å²) in [7, 11) is 0. The summed E-state index contributed by atoms with van der Waals surface area (Å²) in [6.45, 7) is 4.10. The highest BCUT2D eigenvalue weighted by molar-refractivity contribution is 9.10. The normalized spacial score (nSPS) is 12.9. The Bertz CT molecular complexity index is 566. The number of aliphatic hydroxyl groups excluding tert-OH is 1. The van der Waals surface area contributed by atoms with Crippen molar-refractivity contribution in [1.82, 2.24) is 9.78 Å². The standard InChI is InChI=1S/C14H16Br2N2O/c1-9(2)18-14(12(16)8-17-18)13(19)7-10-5-3-4-6-11(10)15/h3-6,8-9,13,19H,7H2,1-2H3. The zero-order valence-corrected chi connectivity index (χ0v) is 14.0. The third kappa shape index (κ3) is 3.27. The van der Waals surface area contributed by atoms with Crippen LogP contribution in [0.15, 0.2) is 39.4 Å². The van der Waals surface area contributed by atoms with Gasteiger partial charge in [-0.25, -0.2) is 0 Å². The van der Waals surface area contributed by atoms with Gasteiger partial charge in [-0.3, -0.25) is 4.68 Å². The lowest BCUT2D eigenvalue weighted by molar-refractivity contribution is 0.163. The third-order valence-corrected chi connectivity index (χ3v) is 4.35. The lowest BCUT2D eigenvalue weighted by Gasteiger charge is -2.17. The Morgan fingerprint density at radius 2 is 1.89 bits per heavy atom. The minimum absolute atomic E-state index is 0.218. The van der Waals surface area contributed by atoms with E-state index in [9.17, 15) is 5.11 Å². The van der Waals surface area contributed by atoms with Crippen molar-refractivity contribution >= 4 is 31.9 Å². The molecule has 19 heavy (non-hydrogen) atoms. The molecule has 1 atom stereocenters. The molecule has 2 aromatic rings. The Hall–Kier alpha value is -0.650. The minimum Gasteiger partial charge on any atom is -0.386 e. The van der Waals surface area contributed by atoms with Crippen LogP contribution in [0.2, 0.25) is 0 Å². The second-order valence-electron chi connectivity index (χ2n) is 4.73. The van der Waals surface area contributed by atoms with Crippen LogP contribution >= 0.6 is 31.9 Å².